The molecule has 0 saturated heterocycles. The Balaban J connectivity index is 1.69. The van der Waals surface area contributed by atoms with Crippen LogP contribution in [0.15, 0.2) is 12.7 Å². The molecule has 0 spiro atoms. The maximum absolute atomic E-state index is 4.31. The summed E-state index contributed by atoms with van der Waals surface area (Å²) >= 11 is 0. The van der Waals surface area contributed by atoms with E-state index < -0.39 is 0 Å². The predicted octanol–water partition coefficient (Wildman–Crippen LogP) is 3.20. The van der Waals surface area contributed by atoms with Crippen molar-refractivity contribution in [3.63, 3.8) is 0 Å². The predicted molar refractivity (Wildman–Crippen MR) is 75.6 cm³/mol. The van der Waals surface area contributed by atoms with Gasteiger partial charge in [0.2, 0.25) is 0 Å². The van der Waals surface area contributed by atoms with Crippen molar-refractivity contribution >= 4 is 0 Å². The molecule has 1 aromatic heterocycles. The summed E-state index contributed by atoms with van der Waals surface area (Å²) in [7, 11) is 0. The van der Waals surface area contributed by atoms with E-state index in [2.05, 4.69) is 15.0 Å². The topological polar surface area (TPSA) is 34.0 Å². The molecule has 0 unspecified atom stereocenters. The van der Waals surface area contributed by atoms with Crippen molar-refractivity contribution in [2.75, 3.05) is 0 Å². The van der Waals surface area contributed by atoms with E-state index >= 15 is 0 Å². The monoisotopic (exact) mass is 262 g/mol. The molecule has 3 rings (SSSR count). The SMILES string of the molecule is c1ncn(CN(C2CCCCC2)C2CCCCC2)n1. The molecule has 0 radical (unpaired) electrons. The van der Waals surface area contributed by atoms with Gasteiger partial charge in [-0.05, 0) is 25.7 Å². The average Bonchev–Trinajstić information content (AvgIpc) is 3.00. The highest BCUT2D eigenvalue weighted by Crippen LogP contribution is 2.30. The van der Waals surface area contributed by atoms with Crippen LogP contribution < -0.4 is 0 Å². The lowest BCUT2D eigenvalue weighted by atomic mass is 9.89. The summed E-state index contributed by atoms with van der Waals surface area (Å²) in [6, 6.07) is 1.56. The number of rotatable bonds is 4. The minimum atomic E-state index is 0.779. The Labute approximate surface area is 116 Å². The minimum Gasteiger partial charge on any atom is -0.278 e. The van der Waals surface area contributed by atoms with Crippen molar-refractivity contribution in [3.8, 4) is 0 Å². The molecule has 2 saturated carbocycles. The van der Waals surface area contributed by atoms with Gasteiger partial charge in [0.05, 0.1) is 6.67 Å². The summed E-state index contributed by atoms with van der Waals surface area (Å²) < 4.78 is 2.00. The molecule has 0 aliphatic heterocycles. The van der Waals surface area contributed by atoms with Crippen LogP contribution in [0.2, 0.25) is 0 Å². The van der Waals surface area contributed by atoms with Crippen LogP contribution in [0, 0.1) is 0 Å². The Bertz CT molecular complexity index is 332. The van der Waals surface area contributed by atoms with Crippen LogP contribution in [0.5, 0.6) is 0 Å². The van der Waals surface area contributed by atoms with Gasteiger partial charge in [0.1, 0.15) is 12.7 Å². The van der Waals surface area contributed by atoms with Gasteiger partial charge >= 0.3 is 0 Å². The molecule has 2 fully saturated rings. The molecule has 0 bridgehead atoms. The highest BCUT2D eigenvalue weighted by molar-refractivity contribution is 4.82. The molecule has 0 amide bonds. The molecule has 0 N–H and O–H groups in total. The van der Waals surface area contributed by atoms with Crippen molar-refractivity contribution in [1.29, 1.82) is 0 Å². The maximum Gasteiger partial charge on any atom is 0.137 e. The largest absolute Gasteiger partial charge is 0.278 e. The Hall–Kier alpha value is -0.900. The van der Waals surface area contributed by atoms with Crippen molar-refractivity contribution in [3.05, 3.63) is 12.7 Å². The zero-order chi connectivity index (χ0) is 12.9. The van der Waals surface area contributed by atoms with E-state index in [0.717, 1.165) is 18.8 Å². The lowest BCUT2D eigenvalue weighted by Gasteiger charge is -2.41. The first-order valence-electron chi connectivity index (χ1n) is 8.01. The maximum atomic E-state index is 4.31. The molecular formula is C15H26N4. The Kier molecular flexibility index (Phi) is 4.49. The van der Waals surface area contributed by atoms with Gasteiger partial charge in [0.25, 0.3) is 0 Å². The summed E-state index contributed by atoms with van der Waals surface area (Å²) in [5, 5.41) is 4.31. The molecule has 106 valence electrons. The van der Waals surface area contributed by atoms with E-state index in [9.17, 15) is 0 Å². The first kappa shape index (κ1) is 13.1. The molecule has 4 heteroatoms. The summed E-state index contributed by atoms with van der Waals surface area (Å²) in [6.45, 7) is 0.940. The first-order chi connectivity index (χ1) is 9.43. The zero-order valence-electron chi connectivity index (χ0n) is 11.9. The van der Waals surface area contributed by atoms with Gasteiger partial charge in [0.15, 0.2) is 0 Å². The smallest absolute Gasteiger partial charge is 0.137 e. The third kappa shape index (κ3) is 3.35. The van der Waals surface area contributed by atoms with Crippen molar-refractivity contribution in [1.82, 2.24) is 19.7 Å². The van der Waals surface area contributed by atoms with E-state index in [-0.39, 0.29) is 0 Å². The van der Waals surface area contributed by atoms with Crippen LogP contribution in [0.25, 0.3) is 0 Å². The highest BCUT2D eigenvalue weighted by atomic mass is 15.4. The summed E-state index contributed by atoms with van der Waals surface area (Å²) in [6.07, 6.45) is 17.5. The molecule has 0 aromatic carbocycles. The third-order valence-corrected chi connectivity index (χ3v) is 4.86. The standard InChI is InChI=1S/C15H26N4/c1-3-7-14(8-4-1)19(13-18-12-16-11-17-18)15-9-5-2-6-10-15/h11-12,14-15H,1-10,13H2. The van der Waals surface area contributed by atoms with Gasteiger partial charge in [0, 0.05) is 12.1 Å². The number of aromatic nitrogens is 3. The Morgan fingerprint density at radius 2 is 1.47 bits per heavy atom. The average molecular weight is 262 g/mol. The van der Waals surface area contributed by atoms with Gasteiger partial charge in [-0.3, -0.25) is 4.90 Å². The fraction of sp³-hybridized carbons (Fsp3) is 0.867. The Morgan fingerprint density at radius 1 is 0.895 bits per heavy atom. The molecule has 4 nitrogen and oxygen atoms in total. The molecule has 1 heterocycles. The van der Waals surface area contributed by atoms with Crippen molar-refractivity contribution in [2.24, 2.45) is 0 Å². The van der Waals surface area contributed by atoms with Crippen LogP contribution in [-0.2, 0) is 6.67 Å². The van der Waals surface area contributed by atoms with Gasteiger partial charge in [-0.15, -0.1) is 0 Å². The van der Waals surface area contributed by atoms with Gasteiger partial charge in [-0.1, -0.05) is 38.5 Å². The van der Waals surface area contributed by atoms with Gasteiger partial charge in [-0.2, -0.15) is 5.10 Å². The molecule has 1 aromatic rings. The normalized spacial score (nSPS) is 23.0. The molecule has 19 heavy (non-hydrogen) atoms. The lowest BCUT2D eigenvalue weighted by molar-refractivity contribution is 0.0458. The molecule has 2 aliphatic rings. The van der Waals surface area contributed by atoms with Crippen LogP contribution in [0.1, 0.15) is 64.2 Å². The fourth-order valence-electron chi connectivity index (χ4n) is 3.83. The number of hydrogen-bond donors (Lipinski definition) is 0. The van der Waals surface area contributed by atoms with Crippen LogP contribution in [-0.4, -0.2) is 31.7 Å². The lowest BCUT2D eigenvalue weighted by Crippen LogP contribution is -2.46. The quantitative estimate of drug-likeness (QED) is 0.835. The minimum absolute atomic E-state index is 0.779. The third-order valence-electron chi connectivity index (χ3n) is 4.86. The van der Waals surface area contributed by atoms with Crippen molar-refractivity contribution < 1.29 is 0 Å². The zero-order valence-corrected chi connectivity index (χ0v) is 11.9. The molecular weight excluding hydrogens is 236 g/mol. The van der Waals surface area contributed by atoms with Crippen molar-refractivity contribution in [2.45, 2.75) is 83.0 Å². The summed E-state index contributed by atoms with van der Waals surface area (Å²) in [4.78, 5) is 6.83. The first-order valence-corrected chi connectivity index (χ1v) is 8.01. The van der Waals surface area contributed by atoms with Gasteiger partial charge in [-0.25, -0.2) is 9.67 Å². The van der Waals surface area contributed by atoms with Crippen LogP contribution >= 0.6 is 0 Å². The van der Waals surface area contributed by atoms with Gasteiger partial charge < -0.3 is 0 Å². The fourth-order valence-corrected chi connectivity index (χ4v) is 3.83. The molecule has 0 atom stereocenters. The van der Waals surface area contributed by atoms with E-state index in [1.807, 2.05) is 11.0 Å². The van der Waals surface area contributed by atoms with E-state index in [1.165, 1.54) is 64.2 Å². The van der Waals surface area contributed by atoms with E-state index in [0.29, 0.717) is 0 Å². The second-order valence-electron chi connectivity index (χ2n) is 6.17. The van der Waals surface area contributed by atoms with Crippen LogP contribution in [0.3, 0.4) is 0 Å². The van der Waals surface area contributed by atoms with Crippen LogP contribution in [0.4, 0.5) is 0 Å². The second kappa shape index (κ2) is 6.51. The van der Waals surface area contributed by atoms with E-state index in [1.54, 1.807) is 6.33 Å². The van der Waals surface area contributed by atoms with E-state index in [4.69, 9.17) is 0 Å². The summed E-state index contributed by atoms with van der Waals surface area (Å²) in [5.74, 6) is 0. The number of hydrogen-bond acceptors (Lipinski definition) is 3. The Morgan fingerprint density at radius 3 is 1.95 bits per heavy atom. The number of nitrogens with zero attached hydrogens (tertiary/aromatic N) is 4. The summed E-state index contributed by atoms with van der Waals surface area (Å²) in [5.41, 5.74) is 0. The second-order valence-corrected chi connectivity index (χ2v) is 6.17. The molecule has 2 aliphatic carbocycles. The highest BCUT2D eigenvalue weighted by Gasteiger charge is 2.28.